The van der Waals surface area contributed by atoms with Crippen LogP contribution in [0.1, 0.15) is 56.9 Å². The number of nitrogens with one attached hydrogen (secondary N) is 1. The van der Waals surface area contributed by atoms with Crippen LogP contribution in [-0.2, 0) is 20.9 Å². The van der Waals surface area contributed by atoms with Gasteiger partial charge in [0.05, 0.1) is 4.90 Å². The molecule has 0 saturated heterocycles. The van der Waals surface area contributed by atoms with Gasteiger partial charge in [-0.05, 0) is 47.4 Å². The highest BCUT2D eigenvalue weighted by atomic mass is 32.2. The van der Waals surface area contributed by atoms with Crippen LogP contribution >= 0.6 is 11.3 Å². The van der Waals surface area contributed by atoms with E-state index in [9.17, 15) is 8.42 Å². The molecule has 0 unspecified atom stereocenters. The molecule has 1 saturated carbocycles. The van der Waals surface area contributed by atoms with Crippen molar-refractivity contribution >= 4 is 21.4 Å². The highest BCUT2D eigenvalue weighted by molar-refractivity contribution is 7.89. The van der Waals surface area contributed by atoms with Crippen LogP contribution in [0.3, 0.4) is 0 Å². The molecule has 1 fully saturated rings. The zero-order valence-corrected chi connectivity index (χ0v) is 16.8. The summed E-state index contributed by atoms with van der Waals surface area (Å²) in [4.78, 5) is 1.65. The Kier molecular flexibility index (Phi) is 5.11. The largest absolute Gasteiger partial charge is 0.240 e. The Morgan fingerprint density at radius 1 is 1.08 bits per heavy atom. The molecule has 0 aliphatic heterocycles. The monoisotopic (exact) mass is 377 g/mol. The summed E-state index contributed by atoms with van der Waals surface area (Å²) in [6.45, 7) is 6.86. The van der Waals surface area contributed by atoms with Gasteiger partial charge in [0.2, 0.25) is 10.0 Å². The molecule has 1 aliphatic rings. The maximum atomic E-state index is 12.8. The molecule has 3 rings (SSSR count). The van der Waals surface area contributed by atoms with Gasteiger partial charge in [-0.2, -0.15) is 0 Å². The van der Waals surface area contributed by atoms with E-state index in [2.05, 4.69) is 43.0 Å². The molecule has 0 radical (unpaired) electrons. The highest BCUT2D eigenvalue weighted by Crippen LogP contribution is 2.42. The summed E-state index contributed by atoms with van der Waals surface area (Å²) in [7, 11) is -3.48. The fraction of sp³-hybridized carbons (Fsp3) is 0.500. The van der Waals surface area contributed by atoms with E-state index in [-0.39, 0.29) is 10.8 Å². The SMILES string of the molecule is CC(C)(C)c1ccc(S(=O)(=O)NCC2(c3cccs3)CCCC2)cc1. The number of benzene rings is 1. The van der Waals surface area contributed by atoms with Crippen LogP contribution < -0.4 is 4.72 Å². The second-order valence-corrected chi connectivity index (χ2v) is 10.8. The van der Waals surface area contributed by atoms with E-state index in [1.54, 1.807) is 23.5 Å². The Morgan fingerprint density at radius 3 is 2.24 bits per heavy atom. The van der Waals surface area contributed by atoms with E-state index in [1.807, 2.05) is 12.1 Å². The molecule has 0 amide bonds. The third-order valence-corrected chi connectivity index (χ3v) is 7.77. The fourth-order valence-electron chi connectivity index (χ4n) is 3.59. The van der Waals surface area contributed by atoms with Crippen molar-refractivity contribution < 1.29 is 8.42 Å². The molecule has 1 aromatic carbocycles. The van der Waals surface area contributed by atoms with Crippen molar-refractivity contribution in [3.05, 3.63) is 52.2 Å². The molecule has 1 N–H and O–H groups in total. The van der Waals surface area contributed by atoms with Gasteiger partial charge in [0, 0.05) is 16.8 Å². The third-order valence-electron chi connectivity index (χ3n) is 5.24. The standard InChI is InChI=1S/C20H27NO2S2/c1-19(2,3)16-8-10-17(11-9-16)25(22,23)21-15-20(12-4-5-13-20)18-7-6-14-24-18/h6-11,14,21H,4-5,12-13,15H2,1-3H3. The Labute approximate surface area is 155 Å². The molecule has 1 aromatic heterocycles. The third kappa shape index (κ3) is 3.99. The predicted octanol–water partition coefficient (Wildman–Crippen LogP) is 4.84. The first-order valence-corrected chi connectivity index (χ1v) is 11.2. The Bertz CT molecular complexity index is 794. The molecule has 3 nitrogen and oxygen atoms in total. The summed E-state index contributed by atoms with van der Waals surface area (Å²) in [6, 6.07) is 11.5. The molecular formula is C20H27NO2S2. The Balaban J connectivity index is 1.77. The second kappa shape index (κ2) is 6.86. The van der Waals surface area contributed by atoms with Crippen molar-refractivity contribution in [2.45, 2.75) is 62.2 Å². The van der Waals surface area contributed by atoms with Crippen LogP contribution in [0.15, 0.2) is 46.7 Å². The van der Waals surface area contributed by atoms with Gasteiger partial charge in [-0.3, -0.25) is 0 Å². The first-order chi connectivity index (χ1) is 11.7. The van der Waals surface area contributed by atoms with E-state index in [0.29, 0.717) is 11.4 Å². The van der Waals surface area contributed by atoms with E-state index >= 15 is 0 Å². The lowest BCUT2D eigenvalue weighted by atomic mass is 9.85. The summed E-state index contributed by atoms with van der Waals surface area (Å²) in [5, 5.41) is 2.08. The molecule has 1 heterocycles. The summed E-state index contributed by atoms with van der Waals surface area (Å²) in [6.07, 6.45) is 4.44. The van der Waals surface area contributed by atoms with Crippen LogP contribution in [0.5, 0.6) is 0 Å². The van der Waals surface area contributed by atoms with Gasteiger partial charge >= 0.3 is 0 Å². The van der Waals surface area contributed by atoms with Gasteiger partial charge in [-0.15, -0.1) is 11.3 Å². The predicted molar refractivity (Wildman–Crippen MR) is 105 cm³/mol. The topological polar surface area (TPSA) is 46.2 Å². The minimum absolute atomic E-state index is 0.0167. The van der Waals surface area contributed by atoms with E-state index in [1.165, 1.54) is 17.7 Å². The Morgan fingerprint density at radius 2 is 1.72 bits per heavy atom. The average molecular weight is 378 g/mol. The van der Waals surface area contributed by atoms with E-state index in [4.69, 9.17) is 0 Å². The maximum Gasteiger partial charge on any atom is 0.240 e. The van der Waals surface area contributed by atoms with Crippen molar-refractivity contribution in [1.82, 2.24) is 4.72 Å². The fourth-order valence-corrected chi connectivity index (χ4v) is 5.71. The van der Waals surface area contributed by atoms with Crippen LogP contribution in [0.4, 0.5) is 0 Å². The summed E-state index contributed by atoms with van der Waals surface area (Å²) < 4.78 is 28.4. The van der Waals surface area contributed by atoms with E-state index < -0.39 is 10.0 Å². The zero-order chi connectivity index (χ0) is 18.1. The van der Waals surface area contributed by atoms with Gasteiger partial charge in [0.25, 0.3) is 0 Å². The van der Waals surface area contributed by atoms with Gasteiger partial charge in [-0.25, -0.2) is 13.1 Å². The molecular weight excluding hydrogens is 350 g/mol. The molecule has 0 bridgehead atoms. The summed E-state index contributed by atoms with van der Waals surface area (Å²) in [5.74, 6) is 0. The molecule has 5 heteroatoms. The van der Waals surface area contributed by atoms with Gasteiger partial charge in [-0.1, -0.05) is 51.8 Å². The number of rotatable bonds is 5. The number of hydrogen-bond acceptors (Lipinski definition) is 3. The van der Waals surface area contributed by atoms with Crippen molar-refractivity contribution in [3.63, 3.8) is 0 Å². The van der Waals surface area contributed by atoms with Gasteiger partial charge in [0.15, 0.2) is 0 Å². The summed E-state index contributed by atoms with van der Waals surface area (Å²) >= 11 is 1.74. The minimum Gasteiger partial charge on any atom is -0.210 e. The van der Waals surface area contributed by atoms with Crippen LogP contribution in [-0.4, -0.2) is 15.0 Å². The smallest absolute Gasteiger partial charge is 0.210 e. The van der Waals surface area contributed by atoms with Crippen molar-refractivity contribution in [1.29, 1.82) is 0 Å². The number of thiophene rings is 1. The van der Waals surface area contributed by atoms with Crippen LogP contribution in [0.2, 0.25) is 0 Å². The van der Waals surface area contributed by atoms with Crippen molar-refractivity contribution in [2.75, 3.05) is 6.54 Å². The normalized spacial score (nSPS) is 17.7. The minimum atomic E-state index is -3.48. The second-order valence-electron chi connectivity index (χ2n) is 8.06. The lowest BCUT2D eigenvalue weighted by Gasteiger charge is -2.28. The molecule has 25 heavy (non-hydrogen) atoms. The highest BCUT2D eigenvalue weighted by Gasteiger charge is 2.37. The van der Waals surface area contributed by atoms with Crippen LogP contribution in [0.25, 0.3) is 0 Å². The lowest BCUT2D eigenvalue weighted by molar-refractivity contribution is 0.440. The average Bonchev–Trinajstić information content (AvgIpc) is 3.24. The van der Waals surface area contributed by atoms with Gasteiger partial charge in [0.1, 0.15) is 0 Å². The first-order valence-electron chi connectivity index (χ1n) is 8.87. The van der Waals surface area contributed by atoms with E-state index in [0.717, 1.165) is 18.4 Å². The summed E-state index contributed by atoms with van der Waals surface area (Å²) in [5.41, 5.74) is 1.12. The Hall–Kier alpha value is -1.17. The maximum absolute atomic E-state index is 12.8. The van der Waals surface area contributed by atoms with Crippen molar-refractivity contribution in [2.24, 2.45) is 0 Å². The quantitative estimate of drug-likeness (QED) is 0.811. The number of hydrogen-bond donors (Lipinski definition) is 1. The molecule has 0 spiro atoms. The molecule has 0 atom stereocenters. The molecule has 136 valence electrons. The first kappa shape index (κ1) is 18.6. The lowest BCUT2D eigenvalue weighted by Crippen LogP contribution is -2.38. The van der Waals surface area contributed by atoms with Crippen molar-refractivity contribution in [3.8, 4) is 0 Å². The van der Waals surface area contributed by atoms with Gasteiger partial charge < -0.3 is 0 Å². The zero-order valence-electron chi connectivity index (χ0n) is 15.2. The molecule has 1 aliphatic carbocycles. The number of sulfonamides is 1. The molecule has 2 aromatic rings. The van der Waals surface area contributed by atoms with Crippen LogP contribution in [0, 0.1) is 0 Å².